The Kier molecular flexibility index (Phi) is 8.33. The zero-order valence-corrected chi connectivity index (χ0v) is 20.5. The van der Waals surface area contributed by atoms with Crippen LogP contribution in [-0.2, 0) is 0 Å². The van der Waals surface area contributed by atoms with Crippen molar-refractivity contribution in [2.45, 2.75) is 19.3 Å². The number of halogens is 1. The van der Waals surface area contributed by atoms with Crippen LogP contribution in [0.5, 0.6) is 5.75 Å². The Balaban J connectivity index is 1.35. The summed E-state index contributed by atoms with van der Waals surface area (Å²) in [4.78, 5) is 30.3. The zero-order chi connectivity index (χ0) is 25.5. The van der Waals surface area contributed by atoms with Crippen molar-refractivity contribution in [1.82, 2.24) is 4.90 Å². The van der Waals surface area contributed by atoms with Crippen molar-refractivity contribution in [2.75, 3.05) is 43.9 Å². The molecule has 1 fully saturated rings. The number of nitrogen functional groups attached to an aromatic ring is 1. The third kappa shape index (κ3) is 6.29. The predicted octanol–water partition coefficient (Wildman–Crippen LogP) is 5.05. The molecule has 4 rings (SSSR count). The number of carbonyl (C=O) groups is 2. The second-order valence-electron chi connectivity index (χ2n) is 9.12. The van der Waals surface area contributed by atoms with E-state index in [-0.39, 0.29) is 23.4 Å². The number of nitrogens with zero attached hydrogens (tertiary/aromatic N) is 2. The van der Waals surface area contributed by atoms with Crippen LogP contribution in [0.25, 0.3) is 0 Å². The first-order valence-corrected chi connectivity index (χ1v) is 12.3. The number of methoxy groups -OCH3 is 1. The number of Topliss-reactive ketones (excluding diaryl/α,β-unsaturated/α-hetero) is 1. The number of amides is 1. The van der Waals surface area contributed by atoms with Crippen LogP contribution in [0.15, 0.2) is 72.8 Å². The van der Waals surface area contributed by atoms with E-state index in [0.29, 0.717) is 29.1 Å². The quantitative estimate of drug-likeness (QED) is 0.336. The number of hydrogen-bond donors (Lipinski definition) is 1. The fourth-order valence-electron chi connectivity index (χ4n) is 4.63. The zero-order valence-electron chi connectivity index (χ0n) is 20.5. The van der Waals surface area contributed by atoms with E-state index in [1.54, 1.807) is 48.4 Å². The molecule has 0 saturated carbocycles. The van der Waals surface area contributed by atoms with Crippen LogP contribution in [0.4, 0.5) is 15.8 Å². The van der Waals surface area contributed by atoms with Crippen LogP contribution in [0.2, 0.25) is 0 Å². The molecule has 188 valence electrons. The van der Waals surface area contributed by atoms with Crippen molar-refractivity contribution >= 4 is 23.1 Å². The van der Waals surface area contributed by atoms with Crippen LogP contribution < -0.4 is 15.4 Å². The largest absolute Gasteiger partial charge is 0.497 e. The number of piperidine rings is 1. The fourth-order valence-corrected chi connectivity index (χ4v) is 4.63. The molecule has 0 aromatic heterocycles. The number of rotatable bonds is 9. The molecule has 0 atom stereocenters. The number of hydrogen-bond acceptors (Lipinski definition) is 5. The summed E-state index contributed by atoms with van der Waals surface area (Å²) < 4.78 is 18.5. The molecule has 1 aliphatic heterocycles. The Hall–Kier alpha value is -3.71. The van der Waals surface area contributed by atoms with E-state index in [1.165, 1.54) is 12.1 Å². The van der Waals surface area contributed by atoms with Crippen LogP contribution in [-0.4, -0.2) is 49.9 Å². The van der Waals surface area contributed by atoms with Gasteiger partial charge in [0.2, 0.25) is 0 Å². The van der Waals surface area contributed by atoms with E-state index in [9.17, 15) is 14.0 Å². The third-order valence-electron chi connectivity index (χ3n) is 6.71. The molecular weight excluding hydrogens is 457 g/mol. The standard InChI is InChI=1S/C29H32FN3O3/c1-36-27-5-2-4-26(20-27)33(29(35)23-8-12-25(31)13-9-23)17-3-16-32-18-14-22(15-19-32)28(34)21-6-10-24(30)11-7-21/h2,4-13,20,22H,3,14-19,31H2,1H3. The molecule has 1 aliphatic rings. The average molecular weight is 490 g/mol. The maximum absolute atomic E-state index is 13.4. The Morgan fingerprint density at radius 2 is 1.67 bits per heavy atom. The van der Waals surface area contributed by atoms with Gasteiger partial charge in [0.1, 0.15) is 11.6 Å². The topological polar surface area (TPSA) is 75.9 Å². The number of ketones is 1. The SMILES string of the molecule is COc1cccc(N(CCCN2CCC(C(=O)c3ccc(F)cc3)CC2)C(=O)c2ccc(N)cc2)c1. The molecule has 36 heavy (non-hydrogen) atoms. The Morgan fingerprint density at radius 1 is 1.00 bits per heavy atom. The average Bonchev–Trinajstić information content (AvgIpc) is 2.91. The molecule has 0 unspecified atom stereocenters. The molecule has 6 nitrogen and oxygen atoms in total. The Bertz CT molecular complexity index is 1170. The van der Waals surface area contributed by atoms with Crippen molar-refractivity contribution in [3.63, 3.8) is 0 Å². The summed E-state index contributed by atoms with van der Waals surface area (Å²) in [6.45, 7) is 3.02. The lowest BCUT2D eigenvalue weighted by atomic mass is 9.89. The van der Waals surface area contributed by atoms with Gasteiger partial charge in [-0.1, -0.05) is 6.07 Å². The van der Waals surface area contributed by atoms with Gasteiger partial charge in [-0.3, -0.25) is 9.59 Å². The first-order chi connectivity index (χ1) is 17.4. The van der Waals surface area contributed by atoms with E-state index in [1.807, 2.05) is 24.3 Å². The van der Waals surface area contributed by atoms with Crippen molar-refractivity contribution in [2.24, 2.45) is 5.92 Å². The predicted molar refractivity (Wildman–Crippen MR) is 140 cm³/mol. The maximum atomic E-state index is 13.4. The molecule has 0 radical (unpaired) electrons. The molecule has 0 bridgehead atoms. The summed E-state index contributed by atoms with van der Waals surface area (Å²) in [5, 5.41) is 0. The van der Waals surface area contributed by atoms with Crippen molar-refractivity contribution in [1.29, 1.82) is 0 Å². The van der Waals surface area contributed by atoms with Gasteiger partial charge < -0.3 is 20.3 Å². The summed E-state index contributed by atoms with van der Waals surface area (Å²) in [5.41, 5.74) is 8.34. The highest BCUT2D eigenvalue weighted by molar-refractivity contribution is 6.06. The van der Waals surface area contributed by atoms with E-state index in [2.05, 4.69) is 4.90 Å². The summed E-state index contributed by atoms with van der Waals surface area (Å²) in [6, 6.07) is 20.2. The molecule has 7 heteroatoms. The highest BCUT2D eigenvalue weighted by Gasteiger charge is 2.26. The number of anilines is 2. The molecule has 3 aromatic rings. The van der Waals surface area contributed by atoms with Gasteiger partial charge in [-0.15, -0.1) is 0 Å². The first-order valence-electron chi connectivity index (χ1n) is 12.3. The van der Waals surface area contributed by atoms with Crippen LogP contribution >= 0.6 is 0 Å². The highest BCUT2D eigenvalue weighted by Crippen LogP contribution is 2.25. The summed E-state index contributed by atoms with van der Waals surface area (Å²) in [5.74, 6) is 0.321. The molecule has 2 N–H and O–H groups in total. The minimum Gasteiger partial charge on any atom is -0.497 e. The summed E-state index contributed by atoms with van der Waals surface area (Å²) in [6.07, 6.45) is 2.34. The van der Waals surface area contributed by atoms with Gasteiger partial charge in [0.15, 0.2) is 5.78 Å². The second-order valence-corrected chi connectivity index (χ2v) is 9.12. The number of benzene rings is 3. The van der Waals surface area contributed by atoms with E-state index in [4.69, 9.17) is 10.5 Å². The first kappa shape index (κ1) is 25.4. The van der Waals surface area contributed by atoms with Gasteiger partial charge >= 0.3 is 0 Å². The summed E-state index contributed by atoms with van der Waals surface area (Å²) >= 11 is 0. The van der Waals surface area contributed by atoms with E-state index in [0.717, 1.165) is 44.6 Å². The lowest BCUT2D eigenvalue weighted by Crippen LogP contribution is -2.39. The second kappa shape index (κ2) is 11.8. The smallest absolute Gasteiger partial charge is 0.258 e. The highest BCUT2D eigenvalue weighted by atomic mass is 19.1. The van der Waals surface area contributed by atoms with Gasteiger partial charge in [-0.05, 0) is 99.6 Å². The molecular formula is C29H32FN3O3. The van der Waals surface area contributed by atoms with Crippen LogP contribution in [0.3, 0.4) is 0 Å². The molecule has 1 heterocycles. The Labute approximate surface area is 211 Å². The van der Waals surface area contributed by atoms with Crippen LogP contribution in [0.1, 0.15) is 40.0 Å². The minimum absolute atomic E-state index is 0.0351. The molecule has 3 aromatic carbocycles. The van der Waals surface area contributed by atoms with Gasteiger partial charge in [-0.2, -0.15) is 0 Å². The maximum Gasteiger partial charge on any atom is 0.258 e. The normalized spacial score (nSPS) is 14.4. The fraction of sp³-hybridized carbons (Fsp3) is 0.310. The summed E-state index contributed by atoms with van der Waals surface area (Å²) in [7, 11) is 1.61. The Morgan fingerprint density at radius 3 is 2.33 bits per heavy atom. The van der Waals surface area contributed by atoms with E-state index >= 15 is 0 Å². The number of nitrogens with two attached hydrogens (primary N) is 1. The number of carbonyl (C=O) groups excluding carboxylic acids is 2. The van der Waals surface area contributed by atoms with Crippen molar-refractivity contribution < 1.29 is 18.7 Å². The lowest BCUT2D eigenvalue weighted by Gasteiger charge is -2.32. The molecule has 0 spiro atoms. The molecule has 1 saturated heterocycles. The number of ether oxygens (including phenoxy) is 1. The lowest BCUT2D eigenvalue weighted by molar-refractivity contribution is 0.0837. The number of likely N-dealkylation sites (tertiary alicyclic amines) is 1. The van der Waals surface area contributed by atoms with Crippen LogP contribution in [0, 0.1) is 11.7 Å². The van der Waals surface area contributed by atoms with Gasteiger partial charge in [0.05, 0.1) is 7.11 Å². The monoisotopic (exact) mass is 489 g/mol. The van der Waals surface area contributed by atoms with Gasteiger partial charge in [0, 0.05) is 41.0 Å². The van der Waals surface area contributed by atoms with Crippen molar-refractivity contribution in [3.8, 4) is 5.75 Å². The minimum atomic E-state index is -0.334. The van der Waals surface area contributed by atoms with Gasteiger partial charge in [-0.25, -0.2) is 4.39 Å². The third-order valence-corrected chi connectivity index (χ3v) is 6.71. The van der Waals surface area contributed by atoms with Gasteiger partial charge in [0.25, 0.3) is 5.91 Å². The molecule has 0 aliphatic carbocycles. The van der Waals surface area contributed by atoms with Crippen molar-refractivity contribution in [3.05, 3.63) is 89.7 Å². The molecule has 1 amide bonds. The van der Waals surface area contributed by atoms with E-state index < -0.39 is 0 Å².